The van der Waals surface area contributed by atoms with Gasteiger partial charge in [0.2, 0.25) is 5.91 Å². The van der Waals surface area contributed by atoms with Crippen LogP contribution in [0.15, 0.2) is 42.5 Å². The highest BCUT2D eigenvalue weighted by atomic mass is 16.6. The summed E-state index contributed by atoms with van der Waals surface area (Å²) in [7, 11) is 1.35. The van der Waals surface area contributed by atoms with Crippen LogP contribution in [0.5, 0.6) is 5.75 Å². The molecule has 0 aliphatic rings. The number of hydrazine groups is 1. The predicted octanol–water partition coefficient (Wildman–Crippen LogP) is 1.77. The van der Waals surface area contributed by atoms with Crippen molar-refractivity contribution in [3.8, 4) is 5.75 Å². The Hall–Kier alpha value is -4.06. The number of nitro groups is 2. The molecule has 2 amide bonds. The van der Waals surface area contributed by atoms with E-state index in [0.717, 1.165) is 12.1 Å². The Labute approximate surface area is 164 Å². The van der Waals surface area contributed by atoms with Crippen molar-refractivity contribution in [3.63, 3.8) is 0 Å². The number of nitro benzene ring substituents is 2. The quantitative estimate of drug-likeness (QED) is 0.443. The molecule has 0 bridgehead atoms. The van der Waals surface area contributed by atoms with Gasteiger partial charge in [0.1, 0.15) is 11.8 Å². The zero-order valence-electron chi connectivity index (χ0n) is 15.4. The molecule has 0 aliphatic heterocycles. The topological polar surface area (TPSA) is 166 Å². The molecule has 0 spiro atoms. The van der Waals surface area contributed by atoms with E-state index in [1.54, 1.807) is 0 Å². The molecule has 0 unspecified atom stereocenters. The lowest BCUT2D eigenvalue weighted by molar-refractivity contribution is -0.385. The summed E-state index contributed by atoms with van der Waals surface area (Å²) in [6.07, 6.45) is 0. The van der Waals surface area contributed by atoms with E-state index in [-0.39, 0.29) is 28.4 Å². The number of hydrogen-bond acceptors (Lipinski definition) is 8. The molecule has 12 nitrogen and oxygen atoms in total. The van der Waals surface area contributed by atoms with Gasteiger partial charge in [-0.3, -0.25) is 35.2 Å². The maximum atomic E-state index is 12.3. The summed E-state index contributed by atoms with van der Waals surface area (Å²) in [6.45, 7) is 1.44. The van der Waals surface area contributed by atoms with Crippen molar-refractivity contribution >= 4 is 28.9 Å². The molecule has 0 radical (unpaired) electrons. The molecule has 2 aromatic rings. The Morgan fingerprint density at radius 1 is 1.03 bits per heavy atom. The minimum atomic E-state index is -0.943. The maximum absolute atomic E-state index is 12.3. The van der Waals surface area contributed by atoms with Crippen molar-refractivity contribution in [2.24, 2.45) is 0 Å². The highest BCUT2D eigenvalue weighted by Crippen LogP contribution is 2.28. The molecule has 29 heavy (non-hydrogen) atoms. The molecule has 0 heterocycles. The summed E-state index contributed by atoms with van der Waals surface area (Å²) in [5, 5.41) is 24.1. The van der Waals surface area contributed by atoms with Gasteiger partial charge >= 0.3 is 0 Å². The minimum Gasteiger partial charge on any atom is -0.495 e. The van der Waals surface area contributed by atoms with Crippen LogP contribution in [-0.2, 0) is 4.79 Å². The Kier molecular flexibility index (Phi) is 6.76. The number of ether oxygens (including phenoxy) is 1. The molecule has 0 fully saturated rings. The van der Waals surface area contributed by atoms with Crippen LogP contribution in [0.3, 0.4) is 0 Å². The first kappa shape index (κ1) is 21.2. The van der Waals surface area contributed by atoms with Gasteiger partial charge in [-0.15, -0.1) is 0 Å². The highest BCUT2D eigenvalue weighted by molar-refractivity contribution is 5.97. The molecule has 0 saturated heterocycles. The second-order valence-electron chi connectivity index (χ2n) is 5.76. The normalized spacial score (nSPS) is 11.2. The number of benzene rings is 2. The van der Waals surface area contributed by atoms with Crippen molar-refractivity contribution in [1.82, 2.24) is 10.9 Å². The van der Waals surface area contributed by atoms with Crippen LogP contribution in [0, 0.1) is 20.2 Å². The zero-order chi connectivity index (χ0) is 21.6. The lowest BCUT2D eigenvalue weighted by atomic mass is 10.2. The number of carbonyl (C=O) groups is 2. The largest absolute Gasteiger partial charge is 0.495 e. The van der Waals surface area contributed by atoms with E-state index in [2.05, 4.69) is 16.2 Å². The van der Waals surface area contributed by atoms with Crippen molar-refractivity contribution in [2.45, 2.75) is 13.0 Å². The summed E-state index contributed by atoms with van der Waals surface area (Å²) >= 11 is 0. The van der Waals surface area contributed by atoms with Crippen molar-refractivity contribution in [3.05, 3.63) is 68.3 Å². The molecular formula is C17H17N5O7. The average molecular weight is 403 g/mol. The fraction of sp³-hybridized carbons (Fsp3) is 0.176. The van der Waals surface area contributed by atoms with E-state index in [1.165, 1.54) is 44.4 Å². The van der Waals surface area contributed by atoms with E-state index in [4.69, 9.17) is 4.74 Å². The molecule has 0 aromatic heterocycles. The number of methoxy groups -OCH3 is 1. The molecule has 2 aromatic carbocycles. The standard InChI is InChI=1S/C17H17N5O7/c1-10(19-20-17(24)11-4-3-5-12(8-11)21(25)26)16(23)18-14-9-13(22(27)28)6-7-15(14)29-2/h3-10,19H,1-2H3,(H,18,23)(H,20,24)/t10-/m0/s1. The van der Waals surface area contributed by atoms with Gasteiger partial charge in [-0.2, -0.15) is 0 Å². The molecule has 0 aliphatic carbocycles. The fourth-order valence-corrected chi connectivity index (χ4v) is 2.22. The third-order valence-electron chi connectivity index (χ3n) is 3.77. The van der Waals surface area contributed by atoms with Crippen LogP contribution in [0.1, 0.15) is 17.3 Å². The molecule has 1 atom stereocenters. The van der Waals surface area contributed by atoms with Gasteiger partial charge in [0, 0.05) is 29.8 Å². The van der Waals surface area contributed by atoms with Gasteiger partial charge in [0.15, 0.2) is 0 Å². The summed E-state index contributed by atoms with van der Waals surface area (Å²) in [6, 6.07) is 7.85. The van der Waals surface area contributed by atoms with Crippen molar-refractivity contribution < 1.29 is 24.2 Å². The molecule has 152 valence electrons. The average Bonchev–Trinajstić information content (AvgIpc) is 2.71. The predicted molar refractivity (Wildman–Crippen MR) is 101 cm³/mol. The van der Waals surface area contributed by atoms with E-state index in [1.807, 2.05) is 0 Å². The van der Waals surface area contributed by atoms with E-state index >= 15 is 0 Å². The summed E-state index contributed by atoms with van der Waals surface area (Å²) in [5.41, 5.74) is 4.38. The summed E-state index contributed by atoms with van der Waals surface area (Å²) in [5.74, 6) is -1.07. The van der Waals surface area contributed by atoms with E-state index < -0.39 is 27.7 Å². The van der Waals surface area contributed by atoms with E-state index in [0.29, 0.717) is 0 Å². The van der Waals surface area contributed by atoms with Crippen LogP contribution >= 0.6 is 0 Å². The van der Waals surface area contributed by atoms with Gasteiger partial charge in [0.05, 0.1) is 22.6 Å². The van der Waals surface area contributed by atoms with Gasteiger partial charge in [-0.05, 0) is 19.1 Å². The number of amides is 2. The minimum absolute atomic E-state index is 0.0275. The smallest absolute Gasteiger partial charge is 0.271 e. The number of hydrogen-bond donors (Lipinski definition) is 3. The molecule has 2 rings (SSSR count). The zero-order valence-corrected chi connectivity index (χ0v) is 15.4. The number of nitrogens with one attached hydrogen (secondary N) is 3. The van der Waals surface area contributed by atoms with Crippen molar-refractivity contribution in [1.29, 1.82) is 0 Å². The Morgan fingerprint density at radius 3 is 2.31 bits per heavy atom. The highest BCUT2D eigenvalue weighted by Gasteiger charge is 2.19. The Balaban J connectivity index is 2.02. The van der Waals surface area contributed by atoms with Gasteiger partial charge in [-0.1, -0.05) is 6.07 Å². The van der Waals surface area contributed by atoms with Gasteiger partial charge in [-0.25, -0.2) is 5.43 Å². The maximum Gasteiger partial charge on any atom is 0.271 e. The second-order valence-corrected chi connectivity index (χ2v) is 5.76. The first-order chi connectivity index (χ1) is 13.7. The van der Waals surface area contributed by atoms with Crippen LogP contribution in [-0.4, -0.2) is 34.8 Å². The molecule has 3 N–H and O–H groups in total. The van der Waals surface area contributed by atoms with Crippen LogP contribution in [0.2, 0.25) is 0 Å². The Bertz CT molecular complexity index is 963. The first-order valence-electron chi connectivity index (χ1n) is 8.16. The summed E-state index contributed by atoms with van der Waals surface area (Å²) < 4.78 is 5.06. The monoisotopic (exact) mass is 403 g/mol. The van der Waals surface area contributed by atoms with Crippen LogP contribution < -0.4 is 20.9 Å². The van der Waals surface area contributed by atoms with Crippen LogP contribution in [0.25, 0.3) is 0 Å². The third kappa shape index (κ3) is 5.46. The number of carbonyl (C=O) groups excluding carboxylic acids is 2. The third-order valence-corrected chi connectivity index (χ3v) is 3.77. The fourth-order valence-electron chi connectivity index (χ4n) is 2.22. The number of non-ortho nitro benzene ring substituents is 2. The Morgan fingerprint density at radius 2 is 1.69 bits per heavy atom. The lowest BCUT2D eigenvalue weighted by Crippen LogP contribution is -2.48. The first-order valence-corrected chi connectivity index (χ1v) is 8.16. The molecular weight excluding hydrogens is 386 g/mol. The van der Waals surface area contributed by atoms with Gasteiger partial charge < -0.3 is 10.1 Å². The SMILES string of the molecule is COc1ccc([N+](=O)[O-])cc1NC(=O)[C@H](C)NNC(=O)c1cccc([N+](=O)[O-])c1. The number of anilines is 1. The molecule has 0 saturated carbocycles. The number of nitrogens with zero attached hydrogens (tertiary/aromatic N) is 2. The van der Waals surface area contributed by atoms with Crippen molar-refractivity contribution in [2.75, 3.05) is 12.4 Å². The number of rotatable bonds is 8. The molecule has 12 heteroatoms. The van der Waals surface area contributed by atoms with E-state index in [9.17, 15) is 29.8 Å². The van der Waals surface area contributed by atoms with Crippen LogP contribution in [0.4, 0.5) is 17.1 Å². The van der Waals surface area contributed by atoms with Gasteiger partial charge in [0.25, 0.3) is 17.3 Å². The summed E-state index contributed by atoms with van der Waals surface area (Å²) in [4.78, 5) is 44.8. The lowest BCUT2D eigenvalue weighted by Gasteiger charge is -2.16. The second kappa shape index (κ2) is 9.23.